The maximum atomic E-state index is 6.04. The summed E-state index contributed by atoms with van der Waals surface area (Å²) in [6, 6.07) is 0.340. The predicted octanol–water partition coefficient (Wildman–Crippen LogP) is 2.38. The van der Waals surface area contributed by atoms with Crippen LogP contribution in [-0.4, -0.2) is 35.2 Å². The summed E-state index contributed by atoms with van der Waals surface area (Å²) in [4.78, 5) is 6.86. The molecule has 0 radical (unpaired) electrons. The molecule has 0 aliphatic carbocycles. The molecule has 102 valence electrons. The molecule has 2 aromatic rings. The maximum Gasteiger partial charge on any atom is 0.148 e. The lowest BCUT2D eigenvalue weighted by atomic mass is 10.2. The summed E-state index contributed by atoms with van der Waals surface area (Å²) in [5.74, 6) is 0.573. The molecule has 0 saturated carbocycles. The van der Waals surface area contributed by atoms with Gasteiger partial charge < -0.3 is 15.4 Å². The molecule has 1 aliphatic heterocycles. The van der Waals surface area contributed by atoms with Gasteiger partial charge in [-0.15, -0.1) is 11.3 Å². The Morgan fingerprint density at radius 2 is 2.37 bits per heavy atom. The second-order valence-corrected chi connectivity index (χ2v) is 6.43. The Morgan fingerprint density at radius 1 is 1.53 bits per heavy atom. The van der Waals surface area contributed by atoms with Crippen LogP contribution in [0.15, 0.2) is 5.38 Å². The average Bonchev–Trinajstić information content (AvgIpc) is 2.96. The Labute approximate surface area is 120 Å². The van der Waals surface area contributed by atoms with Crippen molar-refractivity contribution >= 4 is 33.7 Å². The van der Waals surface area contributed by atoms with Gasteiger partial charge in [-0.25, -0.2) is 4.98 Å². The maximum absolute atomic E-state index is 6.04. The van der Waals surface area contributed by atoms with Crippen LogP contribution in [0.4, 0.5) is 10.8 Å². The normalized spacial score (nSPS) is 19.9. The van der Waals surface area contributed by atoms with Crippen molar-refractivity contribution in [3.05, 3.63) is 10.4 Å². The van der Waals surface area contributed by atoms with Crippen LogP contribution in [0.3, 0.4) is 0 Å². The number of thiazole rings is 1. The van der Waals surface area contributed by atoms with Gasteiger partial charge in [-0.3, -0.25) is 0 Å². The number of nitrogens with zero attached hydrogens (tertiary/aromatic N) is 3. The topological polar surface area (TPSA) is 64.3 Å². The Bertz CT molecular complexity index is 580. The first-order chi connectivity index (χ1) is 9.16. The molecular formula is C12H16N4OS2. The number of rotatable bonds is 2. The van der Waals surface area contributed by atoms with E-state index < -0.39 is 0 Å². The van der Waals surface area contributed by atoms with Gasteiger partial charge in [0.15, 0.2) is 0 Å². The van der Waals surface area contributed by atoms with E-state index in [9.17, 15) is 0 Å². The molecule has 1 saturated heterocycles. The van der Waals surface area contributed by atoms with E-state index in [1.165, 1.54) is 11.5 Å². The molecule has 0 aromatic carbocycles. The van der Waals surface area contributed by atoms with Gasteiger partial charge in [-0.2, -0.15) is 4.37 Å². The van der Waals surface area contributed by atoms with Crippen LogP contribution in [0.5, 0.6) is 0 Å². The molecule has 7 heteroatoms. The number of anilines is 2. The summed E-state index contributed by atoms with van der Waals surface area (Å²) in [7, 11) is 0. The summed E-state index contributed by atoms with van der Waals surface area (Å²) in [5, 5.41) is 4.20. The van der Waals surface area contributed by atoms with Gasteiger partial charge in [0.1, 0.15) is 10.8 Å². The molecule has 0 amide bonds. The number of nitrogen functional groups attached to an aromatic ring is 1. The highest BCUT2D eigenvalue weighted by molar-refractivity contribution is 7.11. The first-order valence-electron chi connectivity index (χ1n) is 6.19. The smallest absolute Gasteiger partial charge is 0.148 e. The summed E-state index contributed by atoms with van der Waals surface area (Å²) in [6.45, 7) is 6.52. The Morgan fingerprint density at radius 3 is 3.05 bits per heavy atom. The zero-order chi connectivity index (χ0) is 13.4. The Hall–Kier alpha value is -1.18. The summed E-state index contributed by atoms with van der Waals surface area (Å²) in [5.41, 5.74) is 7.95. The van der Waals surface area contributed by atoms with Crippen molar-refractivity contribution in [3.63, 3.8) is 0 Å². The highest BCUT2D eigenvalue weighted by atomic mass is 32.1. The molecule has 2 aromatic heterocycles. The molecule has 19 heavy (non-hydrogen) atoms. The van der Waals surface area contributed by atoms with Gasteiger partial charge in [-0.05, 0) is 25.4 Å². The van der Waals surface area contributed by atoms with Crippen LogP contribution in [0.25, 0.3) is 11.3 Å². The molecule has 3 heterocycles. The van der Waals surface area contributed by atoms with Crippen molar-refractivity contribution < 1.29 is 4.74 Å². The summed E-state index contributed by atoms with van der Waals surface area (Å²) >= 11 is 3.09. The largest absolute Gasteiger partial charge is 0.382 e. The zero-order valence-corrected chi connectivity index (χ0v) is 12.6. The minimum atomic E-state index is 0.340. The molecular weight excluding hydrogens is 280 g/mol. The summed E-state index contributed by atoms with van der Waals surface area (Å²) in [6.07, 6.45) is 0. The van der Waals surface area contributed by atoms with Crippen LogP contribution < -0.4 is 10.6 Å². The van der Waals surface area contributed by atoms with Crippen molar-refractivity contribution in [2.24, 2.45) is 0 Å². The van der Waals surface area contributed by atoms with Crippen molar-refractivity contribution in [2.75, 3.05) is 30.4 Å². The zero-order valence-electron chi connectivity index (χ0n) is 10.9. The number of ether oxygens (including phenoxy) is 1. The minimum absolute atomic E-state index is 0.340. The fraction of sp³-hybridized carbons (Fsp3) is 0.500. The third kappa shape index (κ3) is 2.33. The molecule has 5 nitrogen and oxygen atoms in total. The molecule has 0 spiro atoms. The molecule has 1 atom stereocenters. The second kappa shape index (κ2) is 5.07. The van der Waals surface area contributed by atoms with E-state index in [0.29, 0.717) is 11.9 Å². The highest BCUT2D eigenvalue weighted by Gasteiger charge is 2.26. The van der Waals surface area contributed by atoms with Gasteiger partial charge in [-0.1, -0.05) is 0 Å². The lowest BCUT2D eigenvalue weighted by Crippen LogP contribution is -2.43. The Balaban J connectivity index is 2.03. The third-order valence-corrected chi connectivity index (χ3v) is 4.88. The molecule has 3 rings (SSSR count). The number of hydrogen-bond donors (Lipinski definition) is 1. The lowest BCUT2D eigenvalue weighted by molar-refractivity contribution is 0.0993. The number of aryl methyl sites for hydroxylation is 1. The average molecular weight is 296 g/mol. The first kappa shape index (κ1) is 12.8. The van der Waals surface area contributed by atoms with Gasteiger partial charge in [0.2, 0.25) is 0 Å². The fourth-order valence-corrected chi connectivity index (χ4v) is 3.79. The van der Waals surface area contributed by atoms with Gasteiger partial charge in [0.05, 0.1) is 35.5 Å². The standard InChI is InChI=1S/C12H16N4OS2/c1-7-5-17-4-3-16(7)12-10(11(13)15-19-12)9-6-18-8(2)14-9/h6-7H,3-5H2,1-2H3,(H2,13,15). The molecule has 2 N–H and O–H groups in total. The number of morpholine rings is 1. The summed E-state index contributed by atoms with van der Waals surface area (Å²) < 4.78 is 9.80. The first-order valence-corrected chi connectivity index (χ1v) is 7.84. The number of aromatic nitrogens is 2. The number of hydrogen-bond acceptors (Lipinski definition) is 7. The van der Waals surface area contributed by atoms with Crippen molar-refractivity contribution in [3.8, 4) is 11.3 Å². The van der Waals surface area contributed by atoms with Crippen LogP contribution >= 0.6 is 22.9 Å². The van der Waals surface area contributed by atoms with Crippen molar-refractivity contribution in [2.45, 2.75) is 19.9 Å². The van der Waals surface area contributed by atoms with Crippen molar-refractivity contribution in [1.29, 1.82) is 0 Å². The van der Waals surface area contributed by atoms with Gasteiger partial charge in [0, 0.05) is 11.9 Å². The van der Waals surface area contributed by atoms with E-state index in [1.807, 2.05) is 12.3 Å². The van der Waals surface area contributed by atoms with E-state index in [1.54, 1.807) is 11.3 Å². The third-order valence-electron chi connectivity index (χ3n) is 3.20. The molecule has 1 aliphatic rings. The molecule has 0 bridgehead atoms. The van der Waals surface area contributed by atoms with Crippen LogP contribution in [-0.2, 0) is 4.74 Å². The van der Waals surface area contributed by atoms with Crippen LogP contribution in [0.2, 0.25) is 0 Å². The van der Waals surface area contributed by atoms with E-state index in [2.05, 4.69) is 21.2 Å². The van der Waals surface area contributed by atoms with Crippen LogP contribution in [0, 0.1) is 6.92 Å². The highest BCUT2D eigenvalue weighted by Crippen LogP contribution is 2.40. The SMILES string of the molecule is Cc1nc(-c2c(N)nsc2N2CCOCC2C)cs1. The van der Waals surface area contributed by atoms with Gasteiger partial charge >= 0.3 is 0 Å². The number of nitrogens with two attached hydrogens (primary N) is 1. The van der Waals surface area contributed by atoms with E-state index >= 15 is 0 Å². The fourth-order valence-electron chi connectivity index (χ4n) is 2.24. The molecule has 1 unspecified atom stereocenters. The lowest BCUT2D eigenvalue weighted by Gasteiger charge is -2.34. The van der Waals surface area contributed by atoms with Crippen molar-refractivity contribution in [1.82, 2.24) is 9.36 Å². The predicted molar refractivity (Wildman–Crippen MR) is 80.0 cm³/mol. The van der Waals surface area contributed by atoms with E-state index in [0.717, 1.165) is 41.0 Å². The van der Waals surface area contributed by atoms with Gasteiger partial charge in [0.25, 0.3) is 0 Å². The second-order valence-electron chi connectivity index (χ2n) is 4.62. The van der Waals surface area contributed by atoms with E-state index in [-0.39, 0.29) is 0 Å². The van der Waals surface area contributed by atoms with Crippen LogP contribution in [0.1, 0.15) is 11.9 Å². The monoisotopic (exact) mass is 296 g/mol. The van der Waals surface area contributed by atoms with E-state index in [4.69, 9.17) is 10.5 Å². The quantitative estimate of drug-likeness (QED) is 0.922. The Kier molecular flexibility index (Phi) is 3.42. The molecule has 1 fully saturated rings. The minimum Gasteiger partial charge on any atom is -0.382 e.